The third-order valence-corrected chi connectivity index (χ3v) is 3.98. The van der Waals surface area contributed by atoms with Crippen molar-refractivity contribution in [3.8, 4) is 0 Å². The lowest BCUT2D eigenvalue weighted by atomic mass is 10.1. The fraction of sp³-hybridized carbons (Fsp3) is 0.529. The quantitative estimate of drug-likeness (QED) is 0.940. The highest BCUT2D eigenvalue weighted by atomic mass is 15.3. The lowest BCUT2D eigenvalue weighted by molar-refractivity contribution is 0.404. The predicted octanol–water partition coefficient (Wildman–Crippen LogP) is 2.99. The Labute approximate surface area is 126 Å². The van der Waals surface area contributed by atoms with Gasteiger partial charge >= 0.3 is 0 Å². The molecule has 2 aromatic rings. The number of aromatic nitrogens is 2. The third kappa shape index (κ3) is 3.32. The fourth-order valence-corrected chi connectivity index (χ4v) is 2.84. The maximum Gasteiger partial charge on any atom is 0.226 e. The molecule has 0 saturated carbocycles. The summed E-state index contributed by atoms with van der Waals surface area (Å²) in [7, 11) is 0. The lowest BCUT2D eigenvalue weighted by Gasteiger charge is -2.29. The second kappa shape index (κ2) is 5.60. The summed E-state index contributed by atoms with van der Waals surface area (Å²) in [5.74, 6) is 0.868. The summed E-state index contributed by atoms with van der Waals surface area (Å²) >= 11 is 0. The van der Waals surface area contributed by atoms with Crippen molar-refractivity contribution in [1.82, 2.24) is 15.3 Å². The van der Waals surface area contributed by atoms with Crippen LogP contribution in [-0.2, 0) is 0 Å². The van der Waals surface area contributed by atoms with Gasteiger partial charge in [-0.15, -0.1) is 0 Å². The molecular formula is C17H24N4. The van der Waals surface area contributed by atoms with Crippen LogP contribution in [0.15, 0.2) is 30.5 Å². The van der Waals surface area contributed by atoms with Crippen LogP contribution in [0.2, 0.25) is 0 Å². The normalized spacial score (nSPS) is 19.4. The first kappa shape index (κ1) is 14.3. The molecule has 1 N–H and O–H groups in total. The van der Waals surface area contributed by atoms with E-state index < -0.39 is 0 Å². The molecule has 1 unspecified atom stereocenters. The van der Waals surface area contributed by atoms with E-state index in [1.807, 2.05) is 18.3 Å². The maximum atomic E-state index is 4.74. The van der Waals surface area contributed by atoms with Gasteiger partial charge in [-0.2, -0.15) is 0 Å². The summed E-state index contributed by atoms with van der Waals surface area (Å²) in [6.07, 6.45) is 4.36. The Morgan fingerprint density at radius 3 is 2.90 bits per heavy atom. The second-order valence-electron chi connectivity index (χ2n) is 6.85. The number of para-hydroxylation sites is 1. The van der Waals surface area contributed by atoms with Crippen molar-refractivity contribution < 1.29 is 0 Å². The molecule has 1 aliphatic heterocycles. The molecule has 0 spiro atoms. The topological polar surface area (TPSA) is 41.0 Å². The van der Waals surface area contributed by atoms with Gasteiger partial charge in [0, 0.05) is 36.3 Å². The first-order valence-corrected chi connectivity index (χ1v) is 7.76. The first-order valence-electron chi connectivity index (χ1n) is 7.76. The van der Waals surface area contributed by atoms with Gasteiger partial charge in [0.05, 0.1) is 5.52 Å². The molecule has 4 heteroatoms. The third-order valence-electron chi connectivity index (χ3n) is 3.98. The van der Waals surface area contributed by atoms with E-state index in [1.54, 1.807) is 0 Å². The van der Waals surface area contributed by atoms with E-state index in [2.05, 4.69) is 48.1 Å². The highest BCUT2D eigenvalue weighted by Gasteiger charge is 2.27. The Hall–Kier alpha value is -1.68. The summed E-state index contributed by atoms with van der Waals surface area (Å²) in [5, 5.41) is 4.71. The van der Waals surface area contributed by atoms with Crippen LogP contribution < -0.4 is 10.2 Å². The van der Waals surface area contributed by atoms with Crippen LogP contribution >= 0.6 is 0 Å². The van der Waals surface area contributed by atoms with Crippen molar-refractivity contribution in [3.05, 3.63) is 30.5 Å². The van der Waals surface area contributed by atoms with Crippen molar-refractivity contribution in [2.45, 2.75) is 45.2 Å². The average molecular weight is 284 g/mol. The molecule has 1 atom stereocenters. The van der Waals surface area contributed by atoms with E-state index in [0.717, 1.165) is 29.9 Å². The van der Waals surface area contributed by atoms with E-state index in [0.29, 0.717) is 6.04 Å². The molecule has 4 nitrogen and oxygen atoms in total. The number of hydrogen-bond donors (Lipinski definition) is 1. The SMILES string of the molecule is CC(C)(C)NCC1CCCN1c1ncc2ccccc2n1. The summed E-state index contributed by atoms with van der Waals surface area (Å²) in [4.78, 5) is 11.7. The van der Waals surface area contributed by atoms with E-state index in [1.165, 1.54) is 12.8 Å². The van der Waals surface area contributed by atoms with Gasteiger partial charge in [0.25, 0.3) is 0 Å². The van der Waals surface area contributed by atoms with Crippen LogP contribution in [0.4, 0.5) is 5.95 Å². The Balaban J connectivity index is 1.79. The Morgan fingerprint density at radius 1 is 1.29 bits per heavy atom. The van der Waals surface area contributed by atoms with Gasteiger partial charge in [0.1, 0.15) is 0 Å². The molecule has 1 aliphatic rings. The molecule has 21 heavy (non-hydrogen) atoms. The predicted molar refractivity (Wildman–Crippen MR) is 87.7 cm³/mol. The van der Waals surface area contributed by atoms with Gasteiger partial charge in [-0.1, -0.05) is 18.2 Å². The molecule has 1 aromatic heterocycles. The van der Waals surface area contributed by atoms with Crippen LogP contribution in [0.25, 0.3) is 10.9 Å². The first-order chi connectivity index (χ1) is 10.0. The number of rotatable bonds is 3. The number of hydrogen-bond acceptors (Lipinski definition) is 4. The summed E-state index contributed by atoms with van der Waals surface area (Å²) < 4.78 is 0. The van der Waals surface area contributed by atoms with Crippen molar-refractivity contribution >= 4 is 16.9 Å². The minimum Gasteiger partial charge on any atom is -0.337 e. The van der Waals surface area contributed by atoms with Crippen LogP contribution in [0.3, 0.4) is 0 Å². The summed E-state index contributed by atoms with van der Waals surface area (Å²) in [5.41, 5.74) is 1.18. The van der Waals surface area contributed by atoms with Crippen LogP contribution in [0.1, 0.15) is 33.6 Å². The van der Waals surface area contributed by atoms with Crippen LogP contribution in [0, 0.1) is 0 Å². The molecule has 0 aliphatic carbocycles. The second-order valence-corrected chi connectivity index (χ2v) is 6.85. The van der Waals surface area contributed by atoms with E-state index >= 15 is 0 Å². The van der Waals surface area contributed by atoms with Gasteiger partial charge in [0.2, 0.25) is 5.95 Å². The smallest absolute Gasteiger partial charge is 0.226 e. The maximum absolute atomic E-state index is 4.74. The number of fused-ring (bicyclic) bond motifs is 1. The van der Waals surface area contributed by atoms with E-state index in [4.69, 9.17) is 4.98 Å². The minimum atomic E-state index is 0.151. The molecule has 1 saturated heterocycles. The molecule has 112 valence electrons. The van der Waals surface area contributed by atoms with Crippen molar-refractivity contribution in [2.75, 3.05) is 18.0 Å². The Bertz CT molecular complexity index is 617. The molecule has 1 aromatic carbocycles. The Morgan fingerprint density at radius 2 is 2.10 bits per heavy atom. The minimum absolute atomic E-state index is 0.151. The van der Waals surface area contributed by atoms with Gasteiger partial charge < -0.3 is 10.2 Å². The molecule has 1 fully saturated rings. The van der Waals surface area contributed by atoms with Crippen molar-refractivity contribution in [3.63, 3.8) is 0 Å². The molecule has 0 radical (unpaired) electrons. The monoisotopic (exact) mass is 284 g/mol. The summed E-state index contributed by atoms with van der Waals surface area (Å²) in [6.45, 7) is 8.66. The molecule has 0 amide bonds. The number of nitrogens with zero attached hydrogens (tertiary/aromatic N) is 3. The number of anilines is 1. The van der Waals surface area contributed by atoms with Crippen LogP contribution in [-0.4, -0.2) is 34.6 Å². The van der Waals surface area contributed by atoms with Gasteiger partial charge in [0.15, 0.2) is 0 Å². The van der Waals surface area contributed by atoms with Crippen molar-refractivity contribution in [1.29, 1.82) is 0 Å². The van der Waals surface area contributed by atoms with Crippen molar-refractivity contribution in [2.24, 2.45) is 0 Å². The Kier molecular flexibility index (Phi) is 3.81. The largest absolute Gasteiger partial charge is 0.337 e. The van der Waals surface area contributed by atoms with Crippen LogP contribution in [0.5, 0.6) is 0 Å². The molecule has 2 heterocycles. The lowest BCUT2D eigenvalue weighted by Crippen LogP contribution is -2.45. The summed E-state index contributed by atoms with van der Waals surface area (Å²) in [6, 6.07) is 8.66. The fourth-order valence-electron chi connectivity index (χ4n) is 2.84. The van der Waals surface area contributed by atoms with E-state index in [-0.39, 0.29) is 5.54 Å². The number of benzene rings is 1. The highest BCUT2D eigenvalue weighted by molar-refractivity contribution is 5.78. The van der Waals surface area contributed by atoms with E-state index in [9.17, 15) is 0 Å². The highest BCUT2D eigenvalue weighted by Crippen LogP contribution is 2.24. The zero-order valence-corrected chi connectivity index (χ0v) is 13.1. The van der Waals surface area contributed by atoms with Gasteiger partial charge in [-0.05, 0) is 39.7 Å². The number of nitrogens with one attached hydrogen (secondary N) is 1. The molecular weight excluding hydrogens is 260 g/mol. The standard InChI is InChI=1S/C17H24N4/c1-17(2,3)19-12-14-8-6-10-21(14)16-18-11-13-7-4-5-9-15(13)20-16/h4-5,7,9,11,14,19H,6,8,10,12H2,1-3H3. The van der Waals surface area contributed by atoms with Gasteiger partial charge in [-0.3, -0.25) is 0 Å². The zero-order valence-electron chi connectivity index (χ0n) is 13.1. The molecule has 0 bridgehead atoms. The zero-order chi connectivity index (χ0) is 14.9. The van der Waals surface area contributed by atoms with Gasteiger partial charge in [-0.25, -0.2) is 9.97 Å². The average Bonchev–Trinajstić information content (AvgIpc) is 2.92. The molecule has 3 rings (SSSR count).